The fraction of sp³-hybridized carbons (Fsp3) is 0.929. The normalized spacial score (nSPS) is 30.1. The molecule has 116 valence electrons. The van der Waals surface area contributed by atoms with Gasteiger partial charge in [0.05, 0.1) is 18.3 Å². The number of hydrogen-bond donors (Lipinski definition) is 1. The molecule has 2 fully saturated rings. The van der Waals surface area contributed by atoms with Crippen LogP contribution in [0.5, 0.6) is 0 Å². The summed E-state index contributed by atoms with van der Waals surface area (Å²) in [6.07, 6.45) is 6.96. The fourth-order valence-corrected chi connectivity index (χ4v) is 5.77. The van der Waals surface area contributed by atoms with Crippen LogP contribution in [0.2, 0.25) is 0 Å². The first-order chi connectivity index (χ1) is 9.38. The monoisotopic (exact) mass is 303 g/mol. The molecule has 0 aromatic rings. The van der Waals surface area contributed by atoms with Gasteiger partial charge >= 0.3 is 5.97 Å². The lowest BCUT2D eigenvalue weighted by atomic mass is 9.84. The van der Waals surface area contributed by atoms with Gasteiger partial charge in [0.15, 0.2) is 0 Å². The second kappa shape index (κ2) is 6.02. The first-order valence-corrected chi connectivity index (χ1v) is 9.03. The van der Waals surface area contributed by atoms with E-state index in [2.05, 4.69) is 4.72 Å². The Morgan fingerprint density at radius 3 is 2.40 bits per heavy atom. The molecule has 0 amide bonds. The molecule has 5 nitrogen and oxygen atoms in total. The number of ether oxygens (including phenoxy) is 1. The van der Waals surface area contributed by atoms with Crippen molar-refractivity contribution >= 4 is 16.0 Å². The Morgan fingerprint density at radius 1 is 1.15 bits per heavy atom. The highest BCUT2D eigenvalue weighted by molar-refractivity contribution is 7.90. The molecule has 0 aromatic heterocycles. The van der Waals surface area contributed by atoms with Gasteiger partial charge in [-0.3, -0.25) is 4.79 Å². The highest BCUT2D eigenvalue weighted by atomic mass is 32.2. The summed E-state index contributed by atoms with van der Waals surface area (Å²) in [5.41, 5.74) is -0.347. The van der Waals surface area contributed by atoms with Crippen LogP contribution in [0.25, 0.3) is 0 Å². The molecule has 20 heavy (non-hydrogen) atoms. The Kier molecular flexibility index (Phi) is 4.74. The van der Waals surface area contributed by atoms with Gasteiger partial charge in [0.2, 0.25) is 10.0 Å². The minimum Gasteiger partial charge on any atom is -0.469 e. The van der Waals surface area contributed by atoms with Crippen molar-refractivity contribution in [2.45, 2.75) is 69.1 Å². The van der Waals surface area contributed by atoms with Gasteiger partial charge in [-0.05, 0) is 32.6 Å². The number of methoxy groups -OCH3 is 1. The first-order valence-electron chi connectivity index (χ1n) is 7.49. The number of nitrogens with one attached hydrogen (secondary N) is 1. The van der Waals surface area contributed by atoms with Crippen LogP contribution in [0.15, 0.2) is 0 Å². The summed E-state index contributed by atoms with van der Waals surface area (Å²) in [5, 5.41) is -0.631. The Hall–Kier alpha value is -0.620. The minimum absolute atomic E-state index is 0.347. The van der Waals surface area contributed by atoms with Gasteiger partial charge in [-0.1, -0.05) is 25.7 Å². The average Bonchev–Trinajstić information content (AvgIpc) is 2.87. The smallest absolute Gasteiger partial charge is 0.310 e. The van der Waals surface area contributed by atoms with Crippen molar-refractivity contribution in [3.63, 3.8) is 0 Å². The standard InChI is InChI=1S/C14H25NO4S/c1-14(9-4-3-5-10-14)15-20(17,18)12-8-6-7-11(12)13(16)19-2/h11-12,15H,3-10H2,1-2H3. The van der Waals surface area contributed by atoms with Crippen molar-refractivity contribution in [3.8, 4) is 0 Å². The summed E-state index contributed by atoms with van der Waals surface area (Å²) in [7, 11) is -2.15. The van der Waals surface area contributed by atoms with E-state index in [1.165, 1.54) is 13.5 Å². The van der Waals surface area contributed by atoms with Gasteiger partial charge in [0, 0.05) is 5.54 Å². The van der Waals surface area contributed by atoms with Crippen molar-refractivity contribution in [3.05, 3.63) is 0 Å². The lowest BCUT2D eigenvalue weighted by Crippen LogP contribution is -2.51. The highest BCUT2D eigenvalue weighted by Crippen LogP contribution is 2.34. The van der Waals surface area contributed by atoms with Crippen molar-refractivity contribution in [1.82, 2.24) is 4.72 Å². The van der Waals surface area contributed by atoms with Gasteiger partial charge in [-0.15, -0.1) is 0 Å². The van der Waals surface area contributed by atoms with E-state index in [1.54, 1.807) is 0 Å². The summed E-state index contributed by atoms with van der Waals surface area (Å²) in [6, 6.07) is 0. The number of hydrogen-bond acceptors (Lipinski definition) is 4. The van der Waals surface area contributed by atoms with E-state index in [4.69, 9.17) is 4.74 Å². The molecule has 0 saturated heterocycles. The predicted molar refractivity (Wildman–Crippen MR) is 76.7 cm³/mol. The summed E-state index contributed by atoms with van der Waals surface area (Å²) in [4.78, 5) is 11.7. The molecular formula is C14H25NO4S. The van der Waals surface area contributed by atoms with Crippen LogP contribution in [-0.2, 0) is 19.6 Å². The van der Waals surface area contributed by atoms with Crippen LogP contribution in [-0.4, -0.2) is 32.3 Å². The summed E-state index contributed by atoms with van der Waals surface area (Å²) in [5.74, 6) is -0.906. The molecule has 0 aromatic carbocycles. The molecule has 2 aliphatic carbocycles. The molecular weight excluding hydrogens is 278 g/mol. The lowest BCUT2D eigenvalue weighted by Gasteiger charge is -2.35. The SMILES string of the molecule is COC(=O)C1CCCC1S(=O)(=O)NC1(C)CCCCC1. The van der Waals surface area contributed by atoms with Crippen LogP contribution >= 0.6 is 0 Å². The summed E-state index contributed by atoms with van der Waals surface area (Å²) >= 11 is 0. The van der Waals surface area contributed by atoms with Gasteiger partial charge < -0.3 is 4.74 Å². The van der Waals surface area contributed by atoms with E-state index in [9.17, 15) is 13.2 Å². The van der Waals surface area contributed by atoms with Crippen LogP contribution in [0.4, 0.5) is 0 Å². The maximum absolute atomic E-state index is 12.6. The van der Waals surface area contributed by atoms with E-state index >= 15 is 0 Å². The third-order valence-corrected chi connectivity index (χ3v) is 6.84. The van der Waals surface area contributed by atoms with E-state index in [-0.39, 0.29) is 5.54 Å². The predicted octanol–water partition coefficient (Wildman–Crippen LogP) is 1.97. The van der Waals surface area contributed by atoms with E-state index < -0.39 is 27.2 Å². The van der Waals surface area contributed by atoms with Crippen LogP contribution in [0.3, 0.4) is 0 Å². The zero-order chi connectivity index (χ0) is 14.8. The maximum atomic E-state index is 12.6. The molecule has 0 aliphatic heterocycles. The van der Waals surface area contributed by atoms with E-state index in [0.717, 1.165) is 32.1 Å². The minimum atomic E-state index is -3.47. The molecule has 2 aliphatic rings. The Morgan fingerprint density at radius 2 is 1.80 bits per heavy atom. The quantitative estimate of drug-likeness (QED) is 0.806. The molecule has 6 heteroatoms. The van der Waals surface area contributed by atoms with Crippen LogP contribution in [0, 0.1) is 5.92 Å². The number of carbonyl (C=O) groups is 1. The molecule has 0 radical (unpaired) electrons. The molecule has 2 rings (SSSR count). The molecule has 0 heterocycles. The van der Waals surface area contributed by atoms with Gasteiger partial charge in [-0.25, -0.2) is 13.1 Å². The summed E-state index contributed by atoms with van der Waals surface area (Å²) in [6.45, 7) is 1.98. The topological polar surface area (TPSA) is 72.5 Å². The van der Waals surface area contributed by atoms with E-state index in [0.29, 0.717) is 12.8 Å². The molecule has 1 N–H and O–H groups in total. The first kappa shape index (κ1) is 15.8. The van der Waals surface area contributed by atoms with Gasteiger partial charge in [0.1, 0.15) is 0 Å². The zero-order valence-corrected chi connectivity index (χ0v) is 13.2. The second-order valence-corrected chi connectivity index (χ2v) is 8.27. The Labute approximate surface area is 121 Å². The third kappa shape index (κ3) is 3.34. The summed E-state index contributed by atoms with van der Waals surface area (Å²) < 4.78 is 32.9. The van der Waals surface area contributed by atoms with Crippen LogP contribution in [0.1, 0.15) is 58.3 Å². The third-order valence-electron chi connectivity index (χ3n) is 4.70. The van der Waals surface area contributed by atoms with Crippen molar-refractivity contribution in [2.75, 3.05) is 7.11 Å². The lowest BCUT2D eigenvalue weighted by molar-refractivity contribution is -0.145. The van der Waals surface area contributed by atoms with E-state index in [1.807, 2.05) is 6.92 Å². The highest BCUT2D eigenvalue weighted by Gasteiger charge is 2.44. The number of sulfonamides is 1. The number of rotatable bonds is 4. The van der Waals surface area contributed by atoms with Gasteiger partial charge in [0.25, 0.3) is 0 Å². The molecule has 0 spiro atoms. The molecule has 0 bridgehead atoms. The zero-order valence-electron chi connectivity index (χ0n) is 12.4. The van der Waals surface area contributed by atoms with Crippen molar-refractivity contribution in [1.29, 1.82) is 0 Å². The molecule has 2 unspecified atom stereocenters. The number of carbonyl (C=O) groups excluding carboxylic acids is 1. The van der Waals surface area contributed by atoms with Crippen LogP contribution < -0.4 is 4.72 Å². The average molecular weight is 303 g/mol. The molecule has 2 atom stereocenters. The van der Waals surface area contributed by atoms with Crippen molar-refractivity contribution < 1.29 is 17.9 Å². The second-order valence-electron chi connectivity index (χ2n) is 6.37. The molecule has 2 saturated carbocycles. The van der Waals surface area contributed by atoms with Gasteiger partial charge in [-0.2, -0.15) is 0 Å². The Balaban J connectivity index is 2.11. The number of esters is 1. The van der Waals surface area contributed by atoms with Crippen molar-refractivity contribution in [2.24, 2.45) is 5.92 Å². The fourth-order valence-electron chi connectivity index (χ4n) is 3.57. The maximum Gasteiger partial charge on any atom is 0.310 e. The largest absolute Gasteiger partial charge is 0.469 e. The Bertz CT molecular complexity index is 454.